The molecule has 0 amide bonds. The Balaban J connectivity index is 3.34. The summed E-state index contributed by atoms with van der Waals surface area (Å²) in [6, 6.07) is 0. The van der Waals surface area contributed by atoms with Gasteiger partial charge < -0.3 is 5.73 Å². The van der Waals surface area contributed by atoms with Crippen LogP contribution >= 0.6 is 27.5 Å². The second kappa shape index (κ2) is 2.76. The van der Waals surface area contributed by atoms with Gasteiger partial charge in [-0.3, -0.25) is 0 Å². The number of anilines is 1. The topological polar surface area (TPSA) is 38.9 Å². The molecule has 0 aliphatic heterocycles. The van der Waals surface area contributed by atoms with Gasteiger partial charge in [0.15, 0.2) is 0 Å². The SMILES string of the molecule is Cc1c(Cl)cnc(Br)c1N. The quantitative estimate of drug-likeness (QED) is 0.683. The summed E-state index contributed by atoms with van der Waals surface area (Å²) in [5, 5.41) is 0.598. The third-order valence-electron chi connectivity index (χ3n) is 1.28. The molecule has 0 unspecified atom stereocenters. The van der Waals surface area contributed by atoms with Crippen molar-refractivity contribution in [2.45, 2.75) is 6.92 Å². The van der Waals surface area contributed by atoms with Crippen LogP contribution in [0.25, 0.3) is 0 Å². The number of pyridine rings is 1. The van der Waals surface area contributed by atoms with Crippen molar-refractivity contribution in [3.63, 3.8) is 0 Å². The van der Waals surface area contributed by atoms with Gasteiger partial charge in [-0.05, 0) is 28.4 Å². The molecule has 4 heteroatoms. The zero-order valence-corrected chi connectivity index (χ0v) is 7.70. The standard InChI is InChI=1S/C6H6BrClN2/c1-3-4(8)2-10-6(7)5(3)9/h2H,9H2,1H3. The Hall–Kier alpha value is -0.280. The highest BCUT2D eigenvalue weighted by atomic mass is 79.9. The average molecular weight is 221 g/mol. The monoisotopic (exact) mass is 220 g/mol. The lowest BCUT2D eigenvalue weighted by Gasteiger charge is -2.02. The van der Waals surface area contributed by atoms with Crippen LogP contribution in [0.3, 0.4) is 0 Å². The van der Waals surface area contributed by atoms with Crippen LogP contribution in [0.15, 0.2) is 10.8 Å². The van der Waals surface area contributed by atoms with Crippen LogP contribution < -0.4 is 5.73 Å². The van der Waals surface area contributed by atoms with Crippen LogP contribution in [-0.4, -0.2) is 4.98 Å². The average Bonchev–Trinajstić information content (AvgIpc) is 1.93. The van der Waals surface area contributed by atoms with E-state index in [0.717, 1.165) is 5.56 Å². The van der Waals surface area contributed by atoms with Gasteiger partial charge in [-0.1, -0.05) is 11.6 Å². The molecule has 1 rings (SSSR count). The molecular formula is C6H6BrClN2. The fourth-order valence-electron chi connectivity index (χ4n) is 0.563. The minimum Gasteiger partial charge on any atom is -0.396 e. The smallest absolute Gasteiger partial charge is 0.129 e. The molecule has 54 valence electrons. The molecule has 0 saturated carbocycles. The van der Waals surface area contributed by atoms with Crippen LogP contribution in [0, 0.1) is 6.92 Å². The number of nitrogens with zero attached hydrogens (tertiary/aromatic N) is 1. The highest BCUT2D eigenvalue weighted by Gasteiger charge is 2.02. The minimum absolute atomic E-state index is 0.598. The Bertz CT molecular complexity index is 235. The Morgan fingerprint density at radius 3 is 2.80 bits per heavy atom. The Kier molecular flexibility index (Phi) is 2.16. The molecule has 0 aromatic carbocycles. The molecule has 0 atom stereocenters. The molecule has 0 saturated heterocycles. The molecule has 2 nitrogen and oxygen atoms in total. The number of nitrogens with two attached hydrogens (primary N) is 1. The lowest BCUT2D eigenvalue weighted by molar-refractivity contribution is 1.25. The summed E-state index contributed by atoms with van der Waals surface area (Å²) in [6.45, 7) is 1.85. The highest BCUT2D eigenvalue weighted by molar-refractivity contribution is 9.10. The number of nitrogen functional groups attached to an aromatic ring is 1. The van der Waals surface area contributed by atoms with Gasteiger partial charge in [-0.25, -0.2) is 4.98 Å². The van der Waals surface area contributed by atoms with Crippen molar-refractivity contribution in [3.05, 3.63) is 21.4 Å². The van der Waals surface area contributed by atoms with E-state index < -0.39 is 0 Å². The first-order valence-electron chi connectivity index (χ1n) is 2.69. The molecule has 1 heterocycles. The fraction of sp³-hybridized carbons (Fsp3) is 0.167. The lowest BCUT2D eigenvalue weighted by atomic mass is 10.3. The zero-order chi connectivity index (χ0) is 7.72. The number of rotatable bonds is 0. The van der Waals surface area contributed by atoms with E-state index >= 15 is 0 Å². The second-order valence-corrected chi connectivity index (χ2v) is 3.09. The molecule has 0 spiro atoms. The van der Waals surface area contributed by atoms with Crippen LogP contribution in [0.4, 0.5) is 5.69 Å². The van der Waals surface area contributed by atoms with Crippen molar-refractivity contribution in [1.29, 1.82) is 0 Å². The molecule has 1 aromatic rings. The van der Waals surface area contributed by atoms with Gasteiger partial charge in [0.2, 0.25) is 0 Å². The molecule has 0 aliphatic rings. The van der Waals surface area contributed by atoms with Gasteiger partial charge in [0.1, 0.15) is 4.60 Å². The molecule has 1 aromatic heterocycles. The van der Waals surface area contributed by atoms with E-state index in [0.29, 0.717) is 15.3 Å². The van der Waals surface area contributed by atoms with Gasteiger partial charge in [0, 0.05) is 6.20 Å². The Morgan fingerprint density at radius 1 is 1.70 bits per heavy atom. The van der Waals surface area contributed by atoms with Gasteiger partial charge in [-0.2, -0.15) is 0 Å². The van der Waals surface area contributed by atoms with Gasteiger partial charge in [0.05, 0.1) is 10.7 Å². The maximum absolute atomic E-state index is 5.72. The van der Waals surface area contributed by atoms with E-state index in [1.165, 1.54) is 0 Å². The second-order valence-electron chi connectivity index (χ2n) is 1.94. The highest BCUT2D eigenvalue weighted by Crippen LogP contribution is 2.25. The van der Waals surface area contributed by atoms with Crippen molar-refractivity contribution in [1.82, 2.24) is 4.98 Å². The number of hydrogen-bond donors (Lipinski definition) is 1. The molecule has 0 bridgehead atoms. The van der Waals surface area contributed by atoms with Crippen molar-refractivity contribution in [3.8, 4) is 0 Å². The van der Waals surface area contributed by atoms with E-state index in [-0.39, 0.29) is 0 Å². The summed E-state index contributed by atoms with van der Waals surface area (Å²) in [4.78, 5) is 3.90. The summed E-state index contributed by atoms with van der Waals surface area (Å²) in [5.74, 6) is 0. The number of aromatic nitrogens is 1. The zero-order valence-electron chi connectivity index (χ0n) is 5.36. The fourth-order valence-corrected chi connectivity index (χ4v) is 1.11. The van der Waals surface area contributed by atoms with Crippen molar-refractivity contribution < 1.29 is 0 Å². The summed E-state index contributed by atoms with van der Waals surface area (Å²) < 4.78 is 0.648. The molecule has 0 fully saturated rings. The maximum atomic E-state index is 5.72. The summed E-state index contributed by atoms with van der Waals surface area (Å²) in [7, 11) is 0. The first-order valence-corrected chi connectivity index (χ1v) is 3.86. The van der Waals surface area contributed by atoms with Crippen LogP contribution in [-0.2, 0) is 0 Å². The maximum Gasteiger partial charge on any atom is 0.129 e. The van der Waals surface area contributed by atoms with E-state index in [9.17, 15) is 0 Å². The molecule has 0 radical (unpaired) electrons. The normalized spacial score (nSPS) is 9.90. The lowest BCUT2D eigenvalue weighted by Crippen LogP contribution is -1.93. The Labute approximate surface area is 72.5 Å². The minimum atomic E-state index is 0.598. The Morgan fingerprint density at radius 2 is 2.30 bits per heavy atom. The van der Waals surface area contributed by atoms with Crippen LogP contribution in [0.1, 0.15) is 5.56 Å². The molecular weight excluding hydrogens is 215 g/mol. The van der Waals surface area contributed by atoms with Crippen LogP contribution in [0.2, 0.25) is 5.02 Å². The number of hydrogen-bond acceptors (Lipinski definition) is 2. The van der Waals surface area contributed by atoms with Gasteiger partial charge in [0.25, 0.3) is 0 Å². The first kappa shape index (κ1) is 7.82. The van der Waals surface area contributed by atoms with E-state index in [4.69, 9.17) is 17.3 Å². The van der Waals surface area contributed by atoms with Gasteiger partial charge in [-0.15, -0.1) is 0 Å². The van der Waals surface area contributed by atoms with E-state index in [2.05, 4.69) is 20.9 Å². The number of halogens is 2. The van der Waals surface area contributed by atoms with Gasteiger partial charge >= 0.3 is 0 Å². The molecule has 10 heavy (non-hydrogen) atoms. The summed E-state index contributed by atoms with van der Waals surface area (Å²) >= 11 is 8.91. The van der Waals surface area contributed by atoms with E-state index in [1.807, 2.05) is 6.92 Å². The first-order chi connectivity index (χ1) is 4.63. The summed E-state index contributed by atoms with van der Waals surface area (Å²) in [6.07, 6.45) is 1.57. The van der Waals surface area contributed by atoms with Crippen molar-refractivity contribution >= 4 is 33.2 Å². The summed E-state index contributed by atoms with van der Waals surface area (Å²) in [5.41, 5.74) is 7.06. The van der Waals surface area contributed by atoms with E-state index in [1.54, 1.807) is 6.20 Å². The largest absolute Gasteiger partial charge is 0.396 e. The third-order valence-corrected chi connectivity index (χ3v) is 2.29. The van der Waals surface area contributed by atoms with Crippen LogP contribution in [0.5, 0.6) is 0 Å². The van der Waals surface area contributed by atoms with Crippen molar-refractivity contribution in [2.24, 2.45) is 0 Å². The molecule has 2 N–H and O–H groups in total. The predicted octanol–water partition coefficient (Wildman–Crippen LogP) is 2.39. The molecule has 0 aliphatic carbocycles. The third kappa shape index (κ3) is 1.25. The van der Waals surface area contributed by atoms with Crippen molar-refractivity contribution in [2.75, 3.05) is 5.73 Å². The predicted molar refractivity (Wildman–Crippen MR) is 46.1 cm³/mol.